The Morgan fingerprint density at radius 1 is 1.18 bits per heavy atom. The van der Waals surface area contributed by atoms with Crippen LogP contribution >= 0.6 is 0 Å². The number of carbonyl (C=O) groups excluding carboxylic acids is 1. The minimum Gasteiger partial charge on any atom is -0.493 e. The summed E-state index contributed by atoms with van der Waals surface area (Å²) in [5.41, 5.74) is 0. The molecule has 1 atom stereocenters. The molecule has 0 aromatic heterocycles. The van der Waals surface area contributed by atoms with E-state index in [1.807, 2.05) is 0 Å². The molecular weight excluding hydrogens is 286 g/mol. The van der Waals surface area contributed by atoms with E-state index in [4.69, 9.17) is 18.9 Å². The Kier molecular flexibility index (Phi) is 6.33. The lowest BCUT2D eigenvalue weighted by Gasteiger charge is -2.21. The fourth-order valence-electron chi connectivity index (χ4n) is 2.36. The molecule has 6 heteroatoms. The summed E-state index contributed by atoms with van der Waals surface area (Å²) in [6.45, 7) is 1.40. The summed E-state index contributed by atoms with van der Waals surface area (Å²) in [6.07, 6.45) is 3.02. The average Bonchev–Trinajstić information content (AvgIpc) is 2.59. The monoisotopic (exact) mass is 309 g/mol. The van der Waals surface area contributed by atoms with Crippen molar-refractivity contribution in [3.8, 4) is 17.2 Å². The molecule has 0 bridgehead atoms. The van der Waals surface area contributed by atoms with Gasteiger partial charge in [0.25, 0.3) is 0 Å². The summed E-state index contributed by atoms with van der Waals surface area (Å²) in [5, 5.41) is 3.16. The van der Waals surface area contributed by atoms with E-state index < -0.39 is 0 Å². The first-order valence-electron chi connectivity index (χ1n) is 7.49. The van der Waals surface area contributed by atoms with Crippen molar-refractivity contribution in [2.45, 2.75) is 25.3 Å². The van der Waals surface area contributed by atoms with Crippen LogP contribution in [0, 0.1) is 0 Å². The van der Waals surface area contributed by atoms with Gasteiger partial charge in [-0.1, -0.05) is 6.42 Å². The molecule has 22 heavy (non-hydrogen) atoms. The largest absolute Gasteiger partial charge is 0.493 e. The van der Waals surface area contributed by atoms with E-state index in [2.05, 4.69) is 5.32 Å². The summed E-state index contributed by atoms with van der Waals surface area (Å²) in [5.74, 6) is 1.69. The van der Waals surface area contributed by atoms with Gasteiger partial charge in [-0.2, -0.15) is 0 Å². The maximum Gasteiger partial charge on any atom is 0.323 e. The Balaban J connectivity index is 1.73. The fourth-order valence-corrected chi connectivity index (χ4v) is 2.36. The summed E-state index contributed by atoms with van der Waals surface area (Å²) >= 11 is 0. The molecule has 6 nitrogen and oxygen atoms in total. The van der Waals surface area contributed by atoms with Crippen molar-refractivity contribution in [3.05, 3.63) is 18.2 Å². The van der Waals surface area contributed by atoms with Crippen LogP contribution in [0.5, 0.6) is 17.2 Å². The van der Waals surface area contributed by atoms with E-state index >= 15 is 0 Å². The molecule has 1 N–H and O–H groups in total. The van der Waals surface area contributed by atoms with E-state index in [0.717, 1.165) is 25.8 Å². The lowest BCUT2D eigenvalue weighted by atomic mass is 10.1. The highest BCUT2D eigenvalue weighted by Gasteiger charge is 2.21. The first-order valence-corrected chi connectivity index (χ1v) is 7.49. The minimum absolute atomic E-state index is 0.171. The van der Waals surface area contributed by atoms with E-state index in [-0.39, 0.29) is 18.6 Å². The second-order valence-corrected chi connectivity index (χ2v) is 5.04. The molecule has 1 saturated heterocycles. The zero-order chi connectivity index (χ0) is 15.8. The molecule has 1 heterocycles. The van der Waals surface area contributed by atoms with Crippen molar-refractivity contribution in [3.63, 3.8) is 0 Å². The van der Waals surface area contributed by atoms with E-state index in [0.29, 0.717) is 23.9 Å². The van der Waals surface area contributed by atoms with Gasteiger partial charge in [0.1, 0.15) is 25.0 Å². The number of methoxy groups -OCH3 is 2. The lowest BCUT2D eigenvalue weighted by molar-refractivity contribution is -0.147. The van der Waals surface area contributed by atoms with Crippen LogP contribution in [0.15, 0.2) is 18.2 Å². The molecule has 0 spiro atoms. The Hall–Kier alpha value is -1.95. The molecule has 0 radical (unpaired) electrons. The molecule has 1 aromatic rings. The second-order valence-electron chi connectivity index (χ2n) is 5.04. The topological polar surface area (TPSA) is 66.0 Å². The fraction of sp³-hybridized carbons (Fsp3) is 0.562. The molecule has 0 aliphatic carbocycles. The third-order valence-electron chi connectivity index (χ3n) is 3.55. The predicted octanol–water partition coefficient (Wildman–Crippen LogP) is 1.77. The van der Waals surface area contributed by atoms with Gasteiger partial charge < -0.3 is 24.3 Å². The van der Waals surface area contributed by atoms with E-state index in [9.17, 15) is 4.79 Å². The van der Waals surface area contributed by atoms with Crippen molar-refractivity contribution in [2.24, 2.45) is 0 Å². The predicted molar refractivity (Wildman–Crippen MR) is 81.6 cm³/mol. The van der Waals surface area contributed by atoms with Gasteiger partial charge in [-0.15, -0.1) is 0 Å². The Labute approximate surface area is 130 Å². The maximum atomic E-state index is 11.8. The molecule has 0 amide bonds. The van der Waals surface area contributed by atoms with Gasteiger partial charge in [0.2, 0.25) is 0 Å². The molecule has 0 unspecified atom stereocenters. The Morgan fingerprint density at radius 2 is 2.00 bits per heavy atom. The number of nitrogens with one attached hydrogen (secondary N) is 1. The molecule has 1 fully saturated rings. The number of esters is 1. The van der Waals surface area contributed by atoms with Gasteiger partial charge in [0.15, 0.2) is 11.5 Å². The van der Waals surface area contributed by atoms with Gasteiger partial charge in [0.05, 0.1) is 14.2 Å². The SMILES string of the molecule is COc1ccc(OCCOC(=O)[C@@H]2CCCCN2)cc1OC. The van der Waals surface area contributed by atoms with Crippen LogP contribution in [0.2, 0.25) is 0 Å². The molecular formula is C16H23NO5. The number of hydrogen-bond donors (Lipinski definition) is 1. The third-order valence-corrected chi connectivity index (χ3v) is 3.55. The van der Waals surface area contributed by atoms with Crippen molar-refractivity contribution in [1.82, 2.24) is 5.32 Å². The summed E-state index contributed by atoms with van der Waals surface area (Å²) in [7, 11) is 3.15. The van der Waals surface area contributed by atoms with Gasteiger partial charge in [-0.05, 0) is 31.5 Å². The van der Waals surface area contributed by atoms with Crippen LogP contribution in [0.3, 0.4) is 0 Å². The highest BCUT2D eigenvalue weighted by molar-refractivity contribution is 5.75. The van der Waals surface area contributed by atoms with Gasteiger partial charge in [0, 0.05) is 6.07 Å². The normalized spacial score (nSPS) is 17.6. The lowest BCUT2D eigenvalue weighted by Crippen LogP contribution is -2.41. The van der Waals surface area contributed by atoms with Gasteiger partial charge in [-0.3, -0.25) is 4.79 Å². The molecule has 0 saturated carbocycles. The van der Waals surface area contributed by atoms with Crippen molar-refractivity contribution >= 4 is 5.97 Å². The summed E-state index contributed by atoms with van der Waals surface area (Å²) in [6, 6.07) is 5.12. The first kappa shape index (κ1) is 16.4. The molecule has 2 rings (SSSR count). The number of ether oxygens (including phenoxy) is 4. The number of hydrogen-bond acceptors (Lipinski definition) is 6. The molecule has 1 aliphatic heterocycles. The highest BCUT2D eigenvalue weighted by atomic mass is 16.6. The molecule has 1 aromatic carbocycles. The molecule has 122 valence electrons. The standard InChI is InChI=1S/C16H23NO5/c1-19-14-7-6-12(11-15(14)20-2)21-9-10-22-16(18)13-5-3-4-8-17-13/h6-7,11,13,17H,3-5,8-10H2,1-2H3/t13-/m0/s1. The van der Waals surface area contributed by atoms with Crippen molar-refractivity contribution < 1.29 is 23.7 Å². The maximum absolute atomic E-state index is 11.8. The quantitative estimate of drug-likeness (QED) is 0.612. The molecule has 1 aliphatic rings. The summed E-state index contributed by atoms with van der Waals surface area (Å²) in [4.78, 5) is 11.8. The van der Waals surface area contributed by atoms with Crippen LogP contribution in [-0.2, 0) is 9.53 Å². The zero-order valence-corrected chi connectivity index (χ0v) is 13.1. The van der Waals surface area contributed by atoms with Gasteiger partial charge in [-0.25, -0.2) is 0 Å². The Morgan fingerprint density at radius 3 is 2.68 bits per heavy atom. The van der Waals surface area contributed by atoms with Crippen LogP contribution in [0.1, 0.15) is 19.3 Å². The van der Waals surface area contributed by atoms with E-state index in [1.165, 1.54) is 0 Å². The summed E-state index contributed by atoms with van der Waals surface area (Å²) < 4.78 is 21.1. The van der Waals surface area contributed by atoms with Crippen molar-refractivity contribution in [2.75, 3.05) is 34.0 Å². The number of benzene rings is 1. The number of piperidine rings is 1. The van der Waals surface area contributed by atoms with Crippen LogP contribution in [0.4, 0.5) is 0 Å². The Bertz CT molecular complexity index is 485. The number of carbonyl (C=O) groups is 1. The van der Waals surface area contributed by atoms with Gasteiger partial charge >= 0.3 is 5.97 Å². The highest BCUT2D eigenvalue weighted by Crippen LogP contribution is 2.30. The van der Waals surface area contributed by atoms with Crippen LogP contribution in [-0.4, -0.2) is 46.0 Å². The van der Waals surface area contributed by atoms with E-state index in [1.54, 1.807) is 32.4 Å². The number of rotatable bonds is 7. The average molecular weight is 309 g/mol. The zero-order valence-electron chi connectivity index (χ0n) is 13.1. The first-order chi connectivity index (χ1) is 10.7. The smallest absolute Gasteiger partial charge is 0.323 e. The third kappa shape index (κ3) is 4.53. The van der Waals surface area contributed by atoms with Crippen LogP contribution in [0.25, 0.3) is 0 Å². The minimum atomic E-state index is -0.199. The van der Waals surface area contributed by atoms with Crippen LogP contribution < -0.4 is 19.5 Å². The van der Waals surface area contributed by atoms with Crippen molar-refractivity contribution in [1.29, 1.82) is 0 Å². The second kappa shape index (κ2) is 8.48.